The quantitative estimate of drug-likeness (QED) is 0.340. The maximum absolute atomic E-state index is 12.8. The summed E-state index contributed by atoms with van der Waals surface area (Å²) in [5.41, 5.74) is 1.57. The molecule has 1 aromatic carbocycles. The molecule has 0 amide bonds. The fourth-order valence-electron chi connectivity index (χ4n) is 2.96. The number of esters is 1. The van der Waals surface area contributed by atoms with Gasteiger partial charge in [0.2, 0.25) is 5.95 Å². The van der Waals surface area contributed by atoms with Crippen molar-refractivity contribution in [2.45, 2.75) is 39.2 Å². The Kier molecular flexibility index (Phi) is 5.43. The molecule has 0 saturated heterocycles. The third kappa shape index (κ3) is 3.78. The number of carbonyl (C=O) groups excluding carboxylic acids is 1. The molecule has 1 atom stereocenters. The highest BCUT2D eigenvalue weighted by atomic mass is 16.6. The van der Waals surface area contributed by atoms with E-state index in [-0.39, 0.29) is 5.69 Å². The van der Waals surface area contributed by atoms with Crippen molar-refractivity contribution in [3.05, 3.63) is 51.2 Å². The van der Waals surface area contributed by atoms with E-state index in [0.29, 0.717) is 29.4 Å². The van der Waals surface area contributed by atoms with Gasteiger partial charge in [-0.2, -0.15) is 4.68 Å². The minimum absolute atomic E-state index is 0.0333. The van der Waals surface area contributed by atoms with Crippen molar-refractivity contribution < 1.29 is 14.5 Å². The van der Waals surface area contributed by atoms with Gasteiger partial charge >= 0.3 is 5.97 Å². The molecule has 2 aromatic rings. The van der Waals surface area contributed by atoms with Crippen LogP contribution in [0.4, 0.5) is 11.6 Å². The fourth-order valence-corrected chi connectivity index (χ4v) is 2.96. The van der Waals surface area contributed by atoms with E-state index in [4.69, 9.17) is 4.74 Å². The number of nitro groups is 1. The van der Waals surface area contributed by atoms with E-state index in [2.05, 4.69) is 27.8 Å². The normalized spacial score (nSPS) is 15.9. The predicted octanol–water partition coefficient (Wildman–Crippen LogP) is 2.60. The number of hydrogen-bond donors (Lipinski definition) is 1. The maximum atomic E-state index is 12.8. The fraction of sp³-hybridized carbons (Fsp3) is 0.412. The number of benzene rings is 1. The van der Waals surface area contributed by atoms with Crippen molar-refractivity contribution in [1.29, 1.82) is 0 Å². The molecule has 0 spiro atoms. The van der Waals surface area contributed by atoms with Gasteiger partial charge in [0.1, 0.15) is 6.04 Å². The Labute approximate surface area is 155 Å². The summed E-state index contributed by atoms with van der Waals surface area (Å²) < 4.78 is 6.90. The topological polar surface area (TPSA) is 125 Å². The number of nitrogens with zero attached hydrogens (tertiary/aromatic N) is 5. The summed E-state index contributed by atoms with van der Waals surface area (Å²) in [6, 6.07) is 5.34. The first-order chi connectivity index (χ1) is 13.0. The molecule has 142 valence electrons. The molecule has 0 radical (unpaired) electrons. The van der Waals surface area contributed by atoms with Gasteiger partial charge in [-0.25, -0.2) is 4.79 Å². The van der Waals surface area contributed by atoms with E-state index >= 15 is 0 Å². The number of nitrogens with one attached hydrogen (secondary N) is 1. The number of allylic oxidation sites excluding steroid dienone is 1. The summed E-state index contributed by atoms with van der Waals surface area (Å²) in [5, 5.41) is 25.4. The van der Waals surface area contributed by atoms with Crippen LogP contribution >= 0.6 is 0 Å². The van der Waals surface area contributed by atoms with Crippen LogP contribution in [0.15, 0.2) is 35.5 Å². The van der Waals surface area contributed by atoms with Gasteiger partial charge in [0, 0.05) is 17.8 Å². The van der Waals surface area contributed by atoms with Crippen LogP contribution in [0, 0.1) is 10.1 Å². The Bertz CT molecular complexity index is 874. The molecule has 1 aliphatic heterocycles. The molecule has 1 aliphatic rings. The van der Waals surface area contributed by atoms with Gasteiger partial charge in [0.25, 0.3) is 5.69 Å². The van der Waals surface area contributed by atoms with E-state index in [0.717, 1.165) is 19.3 Å². The number of hydrogen-bond acceptors (Lipinski definition) is 8. The third-order valence-electron chi connectivity index (χ3n) is 4.33. The molecule has 0 bridgehead atoms. The second-order valence-electron chi connectivity index (χ2n) is 6.20. The van der Waals surface area contributed by atoms with Crippen LogP contribution in [0.1, 0.15) is 44.7 Å². The second kappa shape index (κ2) is 7.94. The van der Waals surface area contributed by atoms with E-state index < -0.39 is 16.9 Å². The smallest absolute Gasteiger partial charge is 0.338 e. The third-order valence-corrected chi connectivity index (χ3v) is 4.33. The van der Waals surface area contributed by atoms with Crippen LogP contribution < -0.4 is 5.32 Å². The zero-order valence-electron chi connectivity index (χ0n) is 15.1. The van der Waals surface area contributed by atoms with Crippen molar-refractivity contribution in [2.75, 3.05) is 11.9 Å². The minimum atomic E-state index is -0.629. The lowest BCUT2D eigenvalue weighted by atomic mass is 9.95. The van der Waals surface area contributed by atoms with Crippen molar-refractivity contribution in [1.82, 2.24) is 20.2 Å². The number of anilines is 1. The molecule has 27 heavy (non-hydrogen) atoms. The number of nitro benzene ring substituents is 1. The van der Waals surface area contributed by atoms with Gasteiger partial charge < -0.3 is 10.1 Å². The second-order valence-corrected chi connectivity index (χ2v) is 6.20. The summed E-state index contributed by atoms with van der Waals surface area (Å²) in [6.07, 6.45) is 2.80. The summed E-state index contributed by atoms with van der Waals surface area (Å²) in [5.74, 6) is -0.0704. The Balaban J connectivity index is 1.94. The number of aromatic nitrogens is 4. The van der Waals surface area contributed by atoms with Crippen LogP contribution in [0.2, 0.25) is 0 Å². The van der Waals surface area contributed by atoms with E-state index in [1.807, 2.05) is 0 Å². The standard InChI is InChI=1S/C17H20N6O4/c1-3-4-5-10-27-16(24)14-11(2)18-17-19-20-21-22(17)15(14)12-6-8-13(9-7-12)23(25)26/h6-9,15H,3-5,10H2,1-2H3,(H,18,19,21)/t15-/m0/s1. The van der Waals surface area contributed by atoms with Gasteiger partial charge in [0.15, 0.2) is 0 Å². The SMILES string of the molecule is CCCCCOC(=O)C1=C(C)Nc2nnnn2[C@H]1c1ccc([N+](=O)[O-])cc1. The Morgan fingerprint density at radius 3 is 2.74 bits per heavy atom. The number of fused-ring (bicyclic) bond motifs is 1. The average Bonchev–Trinajstić information content (AvgIpc) is 3.12. The lowest BCUT2D eigenvalue weighted by molar-refractivity contribution is -0.384. The molecule has 1 N–H and O–H groups in total. The van der Waals surface area contributed by atoms with E-state index in [1.165, 1.54) is 16.8 Å². The van der Waals surface area contributed by atoms with Crippen molar-refractivity contribution in [3.8, 4) is 0 Å². The molecule has 2 heterocycles. The average molecular weight is 372 g/mol. The van der Waals surface area contributed by atoms with Gasteiger partial charge in [-0.3, -0.25) is 10.1 Å². The monoisotopic (exact) mass is 372 g/mol. The Morgan fingerprint density at radius 1 is 1.33 bits per heavy atom. The Hall–Kier alpha value is -3.30. The van der Waals surface area contributed by atoms with Gasteiger partial charge in [-0.05, 0) is 41.5 Å². The van der Waals surface area contributed by atoms with Crippen LogP contribution in [0.3, 0.4) is 0 Å². The van der Waals surface area contributed by atoms with Crippen molar-refractivity contribution >= 4 is 17.6 Å². The highest BCUT2D eigenvalue weighted by molar-refractivity contribution is 5.92. The molecule has 0 saturated carbocycles. The van der Waals surface area contributed by atoms with Gasteiger partial charge in [-0.15, -0.1) is 0 Å². The van der Waals surface area contributed by atoms with Crippen molar-refractivity contribution in [2.24, 2.45) is 0 Å². The number of rotatable bonds is 7. The zero-order valence-corrected chi connectivity index (χ0v) is 15.1. The first-order valence-electron chi connectivity index (χ1n) is 8.70. The summed E-state index contributed by atoms with van der Waals surface area (Å²) in [7, 11) is 0. The molecule has 3 rings (SSSR count). The molecular formula is C17H20N6O4. The highest BCUT2D eigenvalue weighted by Gasteiger charge is 2.35. The molecule has 10 heteroatoms. The number of non-ortho nitro benzene ring substituents is 1. The maximum Gasteiger partial charge on any atom is 0.338 e. The number of ether oxygens (including phenoxy) is 1. The number of carbonyl (C=O) groups is 1. The molecule has 1 aromatic heterocycles. The van der Waals surface area contributed by atoms with Gasteiger partial charge in [-0.1, -0.05) is 24.9 Å². The summed E-state index contributed by atoms with van der Waals surface area (Å²) in [4.78, 5) is 23.2. The number of unbranched alkanes of at least 4 members (excludes halogenated alkanes) is 2. The highest BCUT2D eigenvalue weighted by Crippen LogP contribution is 2.35. The van der Waals surface area contributed by atoms with Crippen LogP contribution in [0.25, 0.3) is 0 Å². The summed E-state index contributed by atoms with van der Waals surface area (Å²) in [6.45, 7) is 4.15. The van der Waals surface area contributed by atoms with Crippen LogP contribution in [0.5, 0.6) is 0 Å². The predicted molar refractivity (Wildman–Crippen MR) is 95.9 cm³/mol. The minimum Gasteiger partial charge on any atom is -0.462 e. The van der Waals surface area contributed by atoms with Crippen LogP contribution in [-0.4, -0.2) is 37.7 Å². The van der Waals surface area contributed by atoms with Gasteiger partial charge in [0.05, 0.1) is 17.1 Å². The summed E-state index contributed by atoms with van der Waals surface area (Å²) >= 11 is 0. The molecule has 0 aliphatic carbocycles. The van der Waals surface area contributed by atoms with E-state index in [9.17, 15) is 14.9 Å². The first kappa shape index (κ1) is 18.5. The zero-order chi connectivity index (χ0) is 19.4. The molecular weight excluding hydrogens is 352 g/mol. The Morgan fingerprint density at radius 2 is 2.07 bits per heavy atom. The largest absolute Gasteiger partial charge is 0.462 e. The first-order valence-corrected chi connectivity index (χ1v) is 8.70. The molecule has 0 unspecified atom stereocenters. The van der Waals surface area contributed by atoms with Crippen LogP contribution in [-0.2, 0) is 9.53 Å². The lowest BCUT2D eigenvalue weighted by Gasteiger charge is -2.27. The lowest BCUT2D eigenvalue weighted by Crippen LogP contribution is -2.29. The van der Waals surface area contributed by atoms with E-state index in [1.54, 1.807) is 19.1 Å². The van der Waals surface area contributed by atoms with Crippen molar-refractivity contribution in [3.63, 3.8) is 0 Å². The molecule has 0 fully saturated rings. The molecule has 10 nitrogen and oxygen atoms in total. The number of tetrazole rings is 1.